The summed E-state index contributed by atoms with van der Waals surface area (Å²) < 4.78 is 2.09. The standard InChI is InChI=1S/C25H31N7/c1-4-5-10-24-26-23(16-11-18(2)3)29-32(24)17-19-12-14-20(15-13-19)21-8-6-7-9-22(21)25-27-30-31-28-25/h6-9,12-15,18H,4-5,10-11,16-17H2,1-3H3,(H,27,28,30,31). The van der Waals surface area contributed by atoms with E-state index in [4.69, 9.17) is 10.1 Å². The first kappa shape index (κ1) is 21.9. The van der Waals surface area contributed by atoms with Crippen molar-refractivity contribution in [3.8, 4) is 22.5 Å². The molecule has 0 amide bonds. The van der Waals surface area contributed by atoms with Crippen LogP contribution in [0.1, 0.15) is 57.2 Å². The van der Waals surface area contributed by atoms with Gasteiger partial charge in [-0.2, -0.15) is 10.3 Å². The summed E-state index contributed by atoms with van der Waals surface area (Å²) >= 11 is 0. The number of aromatic amines is 1. The molecule has 0 bridgehead atoms. The average Bonchev–Trinajstić information content (AvgIpc) is 3.47. The van der Waals surface area contributed by atoms with E-state index in [0.717, 1.165) is 67.0 Å². The van der Waals surface area contributed by atoms with Crippen LogP contribution in [0.3, 0.4) is 0 Å². The van der Waals surface area contributed by atoms with Crippen molar-refractivity contribution in [3.05, 3.63) is 65.7 Å². The maximum atomic E-state index is 4.85. The lowest BCUT2D eigenvalue weighted by Crippen LogP contribution is -2.07. The van der Waals surface area contributed by atoms with Crippen LogP contribution in [0.25, 0.3) is 22.5 Å². The Morgan fingerprint density at radius 2 is 1.75 bits per heavy atom. The number of hydrogen-bond acceptors (Lipinski definition) is 5. The van der Waals surface area contributed by atoms with Gasteiger partial charge in [-0.15, -0.1) is 10.2 Å². The number of hydrogen-bond donors (Lipinski definition) is 1. The van der Waals surface area contributed by atoms with Crippen LogP contribution < -0.4 is 0 Å². The SMILES string of the molecule is CCCCc1nc(CCC(C)C)nn1Cc1ccc(-c2ccccc2-c2nn[nH]n2)cc1. The molecule has 0 atom stereocenters. The molecule has 0 fully saturated rings. The third-order valence-electron chi connectivity index (χ3n) is 5.60. The molecule has 0 unspecified atom stereocenters. The molecule has 7 heteroatoms. The lowest BCUT2D eigenvalue weighted by Gasteiger charge is -2.09. The van der Waals surface area contributed by atoms with Crippen LogP contribution in [0.5, 0.6) is 0 Å². The van der Waals surface area contributed by atoms with E-state index in [9.17, 15) is 0 Å². The van der Waals surface area contributed by atoms with E-state index in [-0.39, 0.29) is 0 Å². The fourth-order valence-electron chi connectivity index (χ4n) is 3.76. The smallest absolute Gasteiger partial charge is 0.205 e. The zero-order valence-electron chi connectivity index (χ0n) is 19.1. The first-order chi connectivity index (χ1) is 15.6. The van der Waals surface area contributed by atoms with E-state index in [1.807, 2.05) is 18.2 Å². The highest BCUT2D eigenvalue weighted by atomic mass is 15.5. The number of unbranched alkanes of at least 4 members (excludes halogenated alkanes) is 1. The molecular weight excluding hydrogens is 398 g/mol. The third-order valence-corrected chi connectivity index (χ3v) is 5.60. The second kappa shape index (κ2) is 10.3. The first-order valence-corrected chi connectivity index (χ1v) is 11.5. The Morgan fingerprint density at radius 1 is 0.969 bits per heavy atom. The Hall–Kier alpha value is -3.35. The van der Waals surface area contributed by atoms with Gasteiger partial charge in [0, 0.05) is 18.4 Å². The Bertz CT molecular complexity index is 1110. The topological polar surface area (TPSA) is 85.2 Å². The van der Waals surface area contributed by atoms with Gasteiger partial charge in [0.2, 0.25) is 5.82 Å². The van der Waals surface area contributed by atoms with Crippen molar-refractivity contribution in [1.82, 2.24) is 35.4 Å². The minimum Gasteiger partial charge on any atom is -0.245 e. The number of benzene rings is 2. The molecule has 4 aromatic rings. The van der Waals surface area contributed by atoms with Crippen LogP contribution in [0, 0.1) is 5.92 Å². The van der Waals surface area contributed by atoms with Crippen LogP contribution in [0.2, 0.25) is 0 Å². The quantitative estimate of drug-likeness (QED) is 0.379. The summed E-state index contributed by atoms with van der Waals surface area (Å²) in [6.07, 6.45) is 5.32. The van der Waals surface area contributed by atoms with Crippen LogP contribution in [-0.2, 0) is 19.4 Å². The van der Waals surface area contributed by atoms with Gasteiger partial charge in [-0.05, 0) is 40.7 Å². The van der Waals surface area contributed by atoms with E-state index in [1.165, 1.54) is 5.56 Å². The Labute approximate surface area is 189 Å². The third kappa shape index (κ3) is 5.28. The van der Waals surface area contributed by atoms with Crippen molar-refractivity contribution < 1.29 is 0 Å². The number of aromatic nitrogens is 7. The summed E-state index contributed by atoms with van der Waals surface area (Å²) in [5, 5.41) is 19.4. The van der Waals surface area contributed by atoms with E-state index in [1.54, 1.807) is 0 Å². The zero-order chi connectivity index (χ0) is 22.3. The molecular formula is C25H31N7. The number of nitrogens with one attached hydrogen (secondary N) is 1. The predicted octanol–water partition coefficient (Wildman–Crippen LogP) is 5.10. The largest absolute Gasteiger partial charge is 0.245 e. The van der Waals surface area contributed by atoms with Crippen molar-refractivity contribution >= 4 is 0 Å². The molecule has 166 valence electrons. The highest BCUT2D eigenvalue weighted by Crippen LogP contribution is 2.29. The molecule has 0 spiro atoms. The number of rotatable bonds is 10. The monoisotopic (exact) mass is 429 g/mol. The fraction of sp³-hybridized carbons (Fsp3) is 0.400. The number of tetrazole rings is 1. The fourth-order valence-corrected chi connectivity index (χ4v) is 3.76. The molecule has 32 heavy (non-hydrogen) atoms. The second-order valence-corrected chi connectivity index (χ2v) is 8.62. The molecule has 7 nitrogen and oxygen atoms in total. The normalized spacial score (nSPS) is 11.4. The molecule has 2 heterocycles. The lowest BCUT2D eigenvalue weighted by molar-refractivity contribution is 0.567. The molecule has 0 saturated heterocycles. The second-order valence-electron chi connectivity index (χ2n) is 8.62. The van der Waals surface area contributed by atoms with Crippen LogP contribution >= 0.6 is 0 Å². The minimum absolute atomic E-state index is 0.599. The number of H-pyrrole nitrogens is 1. The van der Waals surface area contributed by atoms with Gasteiger partial charge >= 0.3 is 0 Å². The van der Waals surface area contributed by atoms with Crippen molar-refractivity contribution in [2.75, 3.05) is 0 Å². The van der Waals surface area contributed by atoms with Crippen LogP contribution in [0.4, 0.5) is 0 Å². The van der Waals surface area contributed by atoms with Gasteiger partial charge < -0.3 is 0 Å². The molecule has 1 N–H and O–H groups in total. The zero-order valence-corrected chi connectivity index (χ0v) is 19.1. The molecule has 2 aromatic heterocycles. The molecule has 4 rings (SSSR count). The molecule has 0 saturated carbocycles. The van der Waals surface area contributed by atoms with Gasteiger partial charge in [0.15, 0.2) is 5.82 Å². The van der Waals surface area contributed by atoms with Gasteiger partial charge in [0.1, 0.15) is 5.82 Å². The molecule has 0 aliphatic heterocycles. The summed E-state index contributed by atoms with van der Waals surface area (Å²) in [7, 11) is 0. The maximum absolute atomic E-state index is 4.85. The van der Waals surface area contributed by atoms with Crippen molar-refractivity contribution in [1.29, 1.82) is 0 Å². The average molecular weight is 430 g/mol. The Morgan fingerprint density at radius 3 is 2.44 bits per heavy atom. The molecule has 0 aliphatic rings. The van der Waals surface area contributed by atoms with Gasteiger partial charge in [0.05, 0.1) is 6.54 Å². The van der Waals surface area contributed by atoms with Gasteiger partial charge in [-0.3, -0.25) is 0 Å². The van der Waals surface area contributed by atoms with E-state index < -0.39 is 0 Å². The summed E-state index contributed by atoms with van der Waals surface area (Å²) in [6, 6.07) is 16.8. The number of aryl methyl sites for hydroxylation is 2. The summed E-state index contributed by atoms with van der Waals surface area (Å²) in [6.45, 7) is 7.44. The van der Waals surface area contributed by atoms with Crippen molar-refractivity contribution in [2.24, 2.45) is 5.92 Å². The Balaban J connectivity index is 1.54. The van der Waals surface area contributed by atoms with Gasteiger partial charge in [0.25, 0.3) is 0 Å². The molecule has 0 radical (unpaired) electrons. The minimum atomic E-state index is 0.599. The Kier molecular flexibility index (Phi) is 7.04. The van der Waals surface area contributed by atoms with E-state index >= 15 is 0 Å². The molecule has 2 aromatic carbocycles. The first-order valence-electron chi connectivity index (χ1n) is 11.5. The van der Waals surface area contributed by atoms with Crippen molar-refractivity contribution in [3.63, 3.8) is 0 Å². The maximum Gasteiger partial charge on any atom is 0.205 e. The summed E-state index contributed by atoms with van der Waals surface area (Å²) in [4.78, 5) is 4.85. The lowest BCUT2D eigenvalue weighted by atomic mass is 9.98. The highest BCUT2D eigenvalue weighted by Gasteiger charge is 2.13. The number of nitrogens with zero attached hydrogens (tertiary/aromatic N) is 6. The van der Waals surface area contributed by atoms with Gasteiger partial charge in [-0.1, -0.05) is 75.7 Å². The summed E-state index contributed by atoms with van der Waals surface area (Å²) in [5.74, 6) is 3.32. The summed E-state index contributed by atoms with van der Waals surface area (Å²) in [5.41, 5.74) is 4.38. The van der Waals surface area contributed by atoms with Crippen LogP contribution in [-0.4, -0.2) is 35.4 Å². The van der Waals surface area contributed by atoms with E-state index in [2.05, 4.69) is 76.4 Å². The highest BCUT2D eigenvalue weighted by molar-refractivity contribution is 5.80. The van der Waals surface area contributed by atoms with Gasteiger partial charge in [-0.25, -0.2) is 9.67 Å². The van der Waals surface area contributed by atoms with Crippen molar-refractivity contribution in [2.45, 2.75) is 59.4 Å². The van der Waals surface area contributed by atoms with Crippen LogP contribution in [0.15, 0.2) is 48.5 Å². The molecule has 0 aliphatic carbocycles. The predicted molar refractivity (Wildman–Crippen MR) is 126 cm³/mol. The van der Waals surface area contributed by atoms with E-state index in [0.29, 0.717) is 11.7 Å².